The fourth-order valence-electron chi connectivity index (χ4n) is 2.73. The van der Waals surface area contributed by atoms with E-state index in [1.807, 2.05) is 31.0 Å². The van der Waals surface area contributed by atoms with Crippen molar-refractivity contribution in [2.75, 3.05) is 32.2 Å². The van der Waals surface area contributed by atoms with Gasteiger partial charge < -0.3 is 20.5 Å². The molecule has 0 spiro atoms. The first-order valence-corrected chi connectivity index (χ1v) is 11.9. The number of aromatic nitrogens is 1. The average Bonchev–Trinajstić information content (AvgIpc) is 2.79. The molecule has 1 atom stereocenters. The molecule has 0 saturated heterocycles. The number of allylic oxidation sites excluding steroid dienone is 1. The van der Waals surface area contributed by atoms with Crippen LogP contribution in [-0.2, 0) is 0 Å². The van der Waals surface area contributed by atoms with Gasteiger partial charge in [-0.3, -0.25) is 4.99 Å². The molecule has 3 N–H and O–H groups in total. The van der Waals surface area contributed by atoms with Crippen LogP contribution in [0.3, 0.4) is 0 Å². The van der Waals surface area contributed by atoms with E-state index in [0.29, 0.717) is 15.8 Å². The number of ether oxygens (including phenoxy) is 1. The van der Waals surface area contributed by atoms with E-state index in [2.05, 4.69) is 23.8 Å². The second-order valence-corrected chi connectivity index (χ2v) is 9.37. The van der Waals surface area contributed by atoms with E-state index in [0.717, 1.165) is 16.3 Å². The molecule has 2 rings (SSSR count). The van der Waals surface area contributed by atoms with Gasteiger partial charge >= 0.3 is 0 Å². The van der Waals surface area contributed by atoms with E-state index in [1.54, 1.807) is 13.1 Å². The van der Waals surface area contributed by atoms with E-state index in [4.69, 9.17) is 38.8 Å². The number of hydrogen-bond acceptors (Lipinski definition) is 7. The molecule has 0 fully saturated rings. The number of aliphatic imine (C=N–C) groups is 1. The molecule has 0 bridgehead atoms. The first-order valence-electron chi connectivity index (χ1n) is 10.3. The Balaban J connectivity index is 2.34. The molecule has 1 aromatic heterocycles. The van der Waals surface area contributed by atoms with Gasteiger partial charge in [-0.25, -0.2) is 9.37 Å². The molecule has 1 aromatic carbocycles. The van der Waals surface area contributed by atoms with Crippen molar-refractivity contribution >= 4 is 50.7 Å². The molecule has 0 aliphatic carbocycles. The van der Waals surface area contributed by atoms with Crippen LogP contribution in [0.4, 0.5) is 10.2 Å². The van der Waals surface area contributed by atoms with Crippen molar-refractivity contribution in [1.82, 2.24) is 4.98 Å². The second kappa shape index (κ2) is 12.6. The lowest BCUT2D eigenvalue weighted by atomic mass is 10.2. The van der Waals surface area contributed by atoms with E-state index in [9.17, 15) is 4.39 Å². The van der Waals surface area contributed by atoms with Crippen molar-refractivity contribution in [1.29, 1.82) is 0 Å². The summed E-state index contributed by atoms with van der Waals surface area (Å²) in [5, 5.41) is 10.2. The third-order valence-electron chi connectivity index (χ3n) is 4.81. The molecule has 0 aliphatic heterocycles. The number of hydrogen-bond donors (Lipinski definition) is 2. The zero-order valence-electron chi connectivity index (χ0n) is 19.3. The molecule has 10 heteroatoms. The molecular weight excluding hydrogens is 486 g/mol. The number of halogens is 3. The van der Waals surface area contributed by atoms with Gasteiger partial charge in [0, 0.05) is 36.7 Å². The monoisotopic (exact) mass is 514 g/mol. The molecule has 2 aromatic rings. The van der Waals surface area contributed by atoms with E-state index >= 15 is 0 Å². The van der Waals surface area contributed by atoms with Gasteiger partial charge in [0.1, 0.15) is 22.6 Å². The minimum atomic E-state index is -0.616. The summed E-state index contributed by atoms with van der Waals surface area (Å²) < 4.78 is 20.0. The van der Waals surface area contributed by atoms with Gasteiger partial charge in [0.25, 0.3) is 0 Å². The summed E-state index contributed by atoms with van der Waals surface area (Å²) in [6.45, 7) is 5.73. The van der Waals surface area contributed by atoms with Gasteiger partial charge in [-0.05, 0) is 44.5 Å². The minimum Gasteiger partial charge on any atom is -0.489 e. The van der Waals surface area contributed by atoms with E-state index in [1.165, 1.54) is 23.9 Å². The lowest BCUT2D eigenvalue weighted by molar-refractivity contribution is 0.202. The first-order chi connectivity index (χ1) is 15.6. The Kier molecular flexibility index (Phi) is 10.4. The molecule has 0 aliphatic rings. The molecule has 6 nitrogen and oxygen atoms in total. The molecule has 1 heterocycles. The molecular formula is C23H29Cl2FN4O2S. The number of thioether (sulfide) groups is 1. The van der Waals surface area contributed by atoms with Crippen LogP contribution in [0, 0.1) is 5.82 Å². The summed E-state index contributed by atoms with van der Waals surface area (Å²) in [6, 6.07) is 6.02. The molecule has 180 valence electrons. The summed E-state index contributed by atoms with van der Waals surface area (Å²) in [4.78, 5) is 11.6. The summed E-state index contributed by atoms with van der Waals surface area (Å²) in [7, 11) is 3.57. The zero-order valence-corrected chi connectivity index (χ0v) is 21.6. The van der Waals surface area contributed by atoms with Gasteiger partial charge in [-0.2, -0.15) is 0 Å². The van der Waals surface area contributed by atoms with Gasteiger partial charge in [-0.15, -0.1) is 0 Å². The minimum absolute atomic E-state index is 0.0365. The smallest absolute Gasteiger partial charge is 0.165 e. The van der Waals surface area contributed by atoms with Crippen LogP contribution in [-0.4, -0.2) is 54.5 Å². The Hall–Kier alpha value is -1.84. The van der Waals surface area contributed by atoms with Crippen molar-refractivity contribution in [3.63, 3.8) is 0 Å². The number of aliphatic hydroxyl groups is 1. The number of aliphatic hydroxyl groups excluding tert-OH is 1. The number of anilines is 1. The van der Waals surface area contributed by atoms with Gasteiger partial charge in [0.05, 0.1) is 17.7 Å². The van der Waals surface area contributed by atoms with Crippen molar-refractivity contribution < 1.29 is 14.2 Å². The number of benzene rings is 1. The number of nitrogens with zero attached hydrogens (tertiary/aromatic N) is 3. The number of rotatable bonds is 9. The Morgan fingerprint density at radius 1 is 1.33 bits per heavy atom. The van der Waals surface area contributed by atoms with Crippen molar-refractivity contribution in [2.24, 2.45) is 10.7 Å². The van der Waals surface area contributed by atoms with E-state index in [-0.39, 0.29) is 30.0 Å². The second-order valence-electron chi connectivity index (χ2n) is 7.54. The maximum Gasteiger partial charge on any atom is 0.165 e. The highest BCUT2D eigenvalue weighted by Gasteiger charge is 2.18. The van der Waals surface area contributed by atoms with Crippen LogP contribution in [0.15, 0.2) is 35.3 Å². The van der Waals surface area contributed by atoms with Crippen LogP contribution in [0.25, 0.3) is 4.91 Å². The first kappa shape index (κ1) is 27.4. The summed E-state index contributed by atoms with van der Waals surface area (Å²) >= 11 is 14.1. The van der Waals surface area contributed by atoms with Crippen molar-refractivity contribution in [3.8, 4) is 5.75 Å². The van der Waals surface area contributed by atoms with Gasteiger partial charge in [0.2, 0.25) is 0 Å². The van der Waals surface area contributed by atoms with Crippen LogP contribution >= 0.6 is 35.0 Å². The quantitative estimate of drug-likeness (QED) is 0.270. The van der Waals surface area contributed by atoms with Crippen LogP contribution in [0.1, 0.15) is 31.9 Å². The van der Waals surface area contributed by atoms with Gasteiger partial charge in [0.15, 0.2) is 11.6 Å². The highest BCUT2D eigenvalue weighted by Crippen LogP contribution is 2.37. The van der Waals surface area contributed by atoms with Crippen molar-refractivity contribution in [3.05, 3.63) is 57.5 Å². The summed E-state index contributed by atoms with van der Waals surface area (Å²) in [5.74, 6) is 0.104. The lowest BCUT2D eigenvalue weighted by Crippen LogP contribution is -2.31. The van der Waals surface area contributed by atoms with Crippen LogP contribution in [0.2, 0.25) is 10.2 Å². The Bertz CT molecular complexity index is 1030. The maximum absolute atomic E-state index is 14.7. The fourth-order valence-corrected chi connectivity index (χ4v) is 4.17. The Morgan fingerprint density at radius 2 is 2.03 bits per heavy atom. The standard InChI is InChI=1S/C23H29Cl2FN4O2S/c1-6-20(14-7-21(25)29-22(8-14)30(5)13(2)3)33-23(28-4)16-9-18(26)19(10-17(16)24)32-12-15(27)11-31/h6-10,13,15,31H,11-12,27H2,1-5H3/b20-6-,28-23?. The largest absolute Gasteiger partial charge is 0.489 e. The highest BCUT2D eigenvalue weighted by molar-refractivity contribution is 8.22. The lowest BCUT2D eigenvalue weighted by Gasteiger charge is -2.23. The predicted molar refractivity (Wildman–Crippen MR) is 138 cm³/mol. The average molecular weight is 515 g/mol. The molecule has 0 saturated carbocycles. The Morgan fingerprint density at radius 3 is 2.61 bits per heavy atom. The third kappa shape index (κ3) is 7.32. The SMILES string of the molecule is C/C=C(\SC(=NC)c1cc(F)c(OCC(N)CO)cc1Cl)c1cc(Cl)nc(N(C)C(C)C)c1. The fraction of sp³-hybridized carbons (Fsp3) is 0.391. The molecule has 1 unspecified atom stereocenters. The summed E-state index contributed by atoms with van der Waals surface area (Å²) in [6.07, 6.45) is 1.93. The molecule has 0 radical (unpaired) electrons. The normalized spacial score (nSPS) is 13.4. The van der Waals surface area contributed by atoms with Crippen LogP contribution in [0.5, 0.6) is 5.75 Å². The van der Waals surface area contributed by atoms with Gasteiger partial charge in [-0.1, -0.05) is 41.0 Å². The highest BCUT2D eigenvalue weighted by atomic mass is 35.5. The number of nitrogens with two attached hydrogens (primary N) is 1. The topological polar surface area (TPSA) is 84.0 Å². The van der Waals surface area contributed by atoms with Crippen LogP contribution < -0.4 is 15.4 Å². The number of pyridine rings is 1. The molecule has 0 amide bonds. The predicted octanol–water partition coefficient (Wildman–Crippen LogP) is 5.24. The molecule has 33 heavy (non-hydrogen) atoms. The summed E-state index contributed by atoms with van der Waals surface area (Å²) in [5.41, 5.74) is 6.91. The maximum atomic E-state index is 14.7. The zero-order chi connectivity index (χ0) is 24.7. The Labute approximate surface area is 208 Å². The van der Waals surface area contributed by atoms with Crippen molar-refractivity contribution in [2.45, 2.75) is 32.9 Å². The van der Waals surface area contributed by atoms with E-state index < -0.39 is 11.9 Å². The third-order valence-corrected chi connectivity index (χ3v) is 6.61.